The average Bonchev–Trinajstić information content (AvgIpc) is 2.32. The SMILES string of the molecule is OC(c1cncc(F)c1)c1cccc(F)c1Cl. The Balaban J connectivity index is 2.44. The molecule has 5 heteroatoms. The quantitative estimate of drug-likeness (QED) is 0.895. The Morgan fingerprint density at radius 3 is 2.71 bits per heavy atom. The lowest BCUT2D eigenvalue weighted by atomic mass is 10.0. The van der Waals surface area contributed by atoms with Crippen LogP contribution in [0.2, 0.25) is 5.02 Å². The molecule has 0 aliphatic carbocycles. The van der Waals surface area contributed by atoms with Gasteiger partial charge in [0.05, 0.1) is 11.2 Å². The van der Waals surface area contributed by atoms with Crippen LogP contribution in [0.4, 0.5) is 8.78 Å². The second kappa shape index (κ2) is 4.77. The Morgan fingerprint density at radius 1 is 1.24 bits per heavy atom. The first-order chi connectivity index (χ1) is 8.09. The molecule has 1 N–H and O–H groups in total. The second-order valence-corrected chi connectivity index (χ2v) is 3.86. The summed E-state index contributed by atoms with van der Waals surface area (Å²) in [4.78, 5) is 3.61. The van der Waals surface area contributed by atoms with Crippen molar-refractivity contribution in [2.45, 2.75) is 6.10 Å². The summed E-state index contributed by atoms with van der Waals surface area (Å²) in [5.41, 5.74) is 0.400. The zero-order valence-electron chi connectivity index (χ0n) is 8.57. The number of pyridine rings is 1. The van der Waals surface area contributed by atoms with E-state index >= 15 is 0 Å². The van der Waals surface area contributed by atoms with Crippen LogP contribution in [0, 0.1) is 11.6 Å². The van der Waals surface area contributed by atoms with E-state index in [1.807, 2.05) is 0 Å². The molecule has 88 valence electrons. The minimum Gasteiger partial charge on any atom is -0.384 e. The maximum atomic E-state index is 13.2. The van der Waals surface area contributed by atoms with Gasteiger partial charge in [-0.1, -0.05) is 23.7 Å². The van der Waals surface area contributed by atoms with Crippen LogP contribution in [0.25, 0.3) is 0 Å². The average molecular weight is 256 g/mol. The topological polar surface area (TPSA) is 33.1 Å². The minimum atomic E-state index is -1.21. The van der Waals surface area contributed by atoms with Crippen molar-refractivity contribution < 1.29 is 13.9 Å². The first-order valence-corrected chi connectivity index (χ1v) is 5.20. The molecule has 1 unspecified atom stereocenters. The fourth-order valence-corrected chi connectivity index (χ4v) is 1.72. The zero-order chi connectivity index (χ0) is 12.4. The van der Waals surface area contributed by atoms with Gasteiger partial charge in [0, 0.05) is 17.3 Å². The van der Waals surface area contributed by atoms with E-state index in [0.717, 1.165) is 12.3 Å². The Hall–Kier alpha value is -1.52. The van der Waals surface area contributed by atoms with Crippen LogP contribution in [-0.4, -0.2) is 10.1 Å². The Bertz CT molecular complexity index is 548. The first kappa shape index (κ1) is 12.0. The largest absolute Gasteiger partial charge is 0.384 e. The van der Waals surface area contributed by atoms with Crippen LogP contribution >= 0.6 is 11.6 Å². The van der Waals surface area contributed by atoms with E-state index in [2.05, 4.69) is 4.98 Å². The summed E-state index contributed by atoms with van der Waals surface area (Å²) in [5.74, 6) is -1.21. The van der Waals surface area contributed by atoms with Gasteiger partial charge in [-0.05, 0) is 12.1 Å². The molecule has 0 aliphatic rings. The first-order valence-electron chi connectivity index (χ1n) is 4.82. The maximum absolute atomic E-state index is 13.2. The Kier molecular flexibility index (Phi) is 3.36. The maximum Gasteiger partial charge on any atom is 0.142 e. The summed E-state index contributed by atoms with van der Waals surface area (Å²) in [5, 5.41) is 9.79. The van der Waals surface area contributed by atoms with Crippen molar-refractivity contribution in [3.8, 4) is 0 Å². The van der Waals surface area contributed by atoms with Crippen molar-refractivity contribution in [1.29, 1.82) is 0 Å². The number of nitrogens with zero attached hydrogens (tertiary/aromatic N) is 1. The summed E-state index contributed by atoms with van der Waals surface area (Å²) >= 11 is 5.73. The standard InChI is InChI=1S/C12H8ClF2NO/c13-11-9(2-1-3-10(11)15)12(17)7-4-8(14)6-16-5-7/h1-6,12,17H. The monoisotopic (exact) mass is 255 g/mol. The van der Waals surface area contributed by atoms with Gasteiger partial charge in [0.1, 0.15) is 17.7 Å². The number of aliphatic hydroxyl groups excluding tert-OH is 1. The number of aliphatic hydroxyl groups is 1. The van der Waals surface area contributed by atoms with Crippen LogP contribution in [0.1, 0.15) is 17.2 Å². The van der Waals surface area contributed by atoms with Gasteiger partial charge in [0.15, 0.2) is 0 Å². The summed E-state index contributed by atoms with van der Waals surface area (Å²) in [6.07, 6.45) is 1.11. The second-order valence-electron chi connectivity index (χ2n) is 3.48. The molecule has 2 aromatic rings. The van der Waals surface area contributed by atoms with Gasteiger partial charge >= 0.3 is 0 Å². The van der Waals surface area contributed by atoms with E-state index in [0.29, 0.717) is 0 Å². The van der Waals surface area contributed by atoms with Gasteiger partial charge in [0.2, 0.25) is 0 Å². The van der Waals surface area contributed by atoms with E-state index in [-0.39, 0.29) is 16.1 Å². The summed E-state index contributed by atoms with van der Waals surface area (Å²) in [6.45, 7) is 0. The molecule has 0 radical (unpaired) electrons. The van der Waals surface area contributed by atoms with Gasteiger partial charge in [-0.25, -0.2) is 8.78 Å². The fraction of sp³-hybridized carbons (Fsp3) is 0.0833. The van der Waals surface area contributed by atoms with Crippen LogP contribution < -0.4 is 0 Å². The van der Waals surface area contributed by atoms with Crippen molar-refractivity contribution in [1.82, 2.24) is 4.98 Å². The minimum absolute atomic E-state index is 0.177. The molecular weight excluding hydrogens is 248 g/mol. The molecule has 2 rings (SSSR count). The molecule has 17 heavy (non-hydrogen) atoms. The van der Waals surface area contributed by atoms with Crippen LogP contribution in [-0.2, 0) is 0 Å². The number of hydrogen-bond acceptors (Lipinski definition) is 2. The molecule has 0 aliphatic heterocycles. The van der Waals surface area contributed by atoms with Crippen molar-refractivity contribution in [2.24, 2.45) is 0 Å². The van der Waals surface area contributed by atoms with E-state index in [4.69, 9.17) is 11.6 Å². The van der Waals surface area contributed by atoms with E-state index in [1.165, 1.54) is 24.4 Å². The van der Waals surface area contributed by atoms with Gasteiger partial charge in [-0.15, -0.1) is 0 Å². The van der Waals surface area contributed by atoms with Crippen LogP contribution in [0.15, 0.2) is 36.7 Å². The fourth-order valence-electron chi connectivity index (χ4n) is 1.49. The van der Waals surface area contributed by atoms with E-state index in [1.54, 1.807) is 0 Å². The molecule has 0 bridgehead atoms. The van der Waals surface area contributed by atoms with Gasteiger partial charge < -0.3 is 5.11 Å². The molecule has 1 aromatic carbocycles. The molecular formula is C12H8ClF2NO. The smallest absolute Gasteiger partial charge is 0.142 e. The molecule has 0 fully saturated rings. The molecule has 1 heterocycles. The molecule has 0 amide bonds. The normalized spacial score (nSPS) is 12.5. The summed E-state index contributed by atoms with van der Waals surface area (Å²) < 4.78 is 26.1. The van der Waals surface area contributed by atoms with E-state index in [9.17, 15) is 13.9 Å². The van der Waals surface area contributed by atoms with Crippen molar-refractivity contribution in [3.05, 3.63) is 64.4 Å². The van der Waals surface area contributed by atoms with Crippen molar-refractivity contribution in [2.75, 3.05) is 0 Å². The number of aromatic nitrogens is 1. The summed E-state index contributed by atoms with van der Waals surface area (Å²) in [6, 6.07) is 5.20. The predicted molar refractivity (Wildman–Crippen MR) is 59.7 cm³/mol. The Morgan fingerprint density at radius 2 is 2.00 bits per heavy atom. The lowest BCUT2D eigenvalue weighted by Gasteiger charge is -2.12. The predicted octanol–water partition coefficient (Wildman–Crippen LogP) is 3.09. The third kappa shape index (κ3) is 2.43. The van der Waals surface area contributed by atoms with Crippen molar-refractivity contribution >= 4 is 11.6 Å². The van der Waals surface area contributed by atoms with Gasteiger partial charge in [-0.2, -0.15) is 0 Å². The molecule has 0 saturated carbocycles. The zero-order valence-corrected chi connectivity index (χ0v) is 9.33. The van der Waals surface area contributed by atoms with Crippen LogP contribution in [0.5, 0.6) is 0 Å². The third-order valence-corrected chi connectivity index (χ3v) is 2.72. The summed E-state index contributed by atoms with van der Waals surface area (Å²) in [7, 11) is 0. The van der Waals surface area contributed by atoms with Crippen LogP contribution in [0.3, 0.4) is 0 Å². The highest BCUT2D eigenvalue weighted by Crippen LogP contribution is 2.29. The van der Waals surface area contributed by atoms with Gasteiger partial charge in [0.25, 0.3) is 0 Å². The number of rotatable bonds is 2. The number of halogens is 3. The molecule has 1 atom stereocenters. The highest BCUT2D eigenvalue weighted by Gasteiger charge is 2.16. The van der Waals surface area contributed by atoms with Crippen molar-refractivity contribution in [3.63, 3.8) is 0 Å². The third-order valence-electron chi connectivity index (χ3n) is 2.32. The lowest BCUT2D eigenvalue weighted by molar-refractivity contribution is 0.219. The lowest BCUT2D eigenvalue weighted by Crippen LogP contribution is -2.02. The van der Waals surface area contributed by atoms with Gasteiger partial charge in [-0.3, -0.25) is 4.98 Å². The molecule has 0 spiro atoms. The highest BCUT2D eigenvalue weighted by molar-refractivity contribution is 6.31. The Labute approximate surface area is 102 Å². The van der Waals surface area contributed by atoms with E-state index < -0.39 is 17.7 Å². The number of hydrogen-bond donors (Lipinski definition) is 1. The highest BCUT2D eigenvalue weighted by atomic mass is 35.5. The molecule has 2 nitrogen and oxygen atoms in total. The molecule has 1 aromatic heterocycles. The number of benzene rings is 1. The molecule has 0 saturated heterocycles.